The van der Waals surface area contributed by atoms with E-state index in [1.165, 1.54) is 12.3 Å². The maximum Gasteiger partial charge on any atom is 0.279 e. The van der Waals surface area contributed by atoms with Crippen molar-refractivity contribution in [1.82, 2.24) is 0 Å². The number of phenolic OH excluding ortho intramolecular Hbond substituents is 1. The van der Waals surface area contributed by atoms with Gasteiger partial charge in [0.2, 0.25) is 0 Å². The third-order valence-electron chi connectivity index (χ3n) is 3.80. The Hall–Kier alpha value is -3.15. The summed E-state index contributed by atoms with van der Waals surface area (Å²) in [6.07, 6.45) is 1.40. The molecule has 2 aromatic rings. The van der Waals surface area contributed by atoms with Crippen LogP contribution in [0.5, 0.6) is 11.5 Å². The molecule has 0 radical (unpaired) electrons. The van der Waals surface area contributed by atoms with Crippen LogP contribution in [0.1, 0.15) is 18.1 Å². The molecule has 6 heteroatoms. The number of nitrogens with zero attached hydrogens (tertiary/aromatic N) is 3. The number of anilines is 1. The maximum atomic E-state index is 12.5. The van der Waals surface area contributed by atoms with E-state index in [0.717, 1.165) is 11.3 Å². The minimum Gasteiger partial charge on any atom is -0.507 e. The van der Waals surface area contributed by atoms with Crippen LogP contribution in [0.2, 0.25) is 0 Å². The van der Waals surface area contributed by atoms with E-state index < -0.39 is 0 Å². The fourth-order valence-electron chi connectivity index (χ4n) is 2.58. The Morgan fingerprint density at radius 3 is 2.79 bits per heavy atom. The number of phenols is 1. The lowest BCUT2D eigenvalue weighted by Crippen LogP contribution is -2.29. The topological polar surface area (TPSA) is 74.5 Å². The zero-order chi connectivity index (χ0) is 17.1. The van der Waals surface area contributed by atoms with Crippen LogP contribution in [0.3, 0.4) is 0 Å². The predicted octanol–water partition coefficient (Wildman–Crippen LogP) is 2.59. The van der Waals surface area contributed by atoms with E-state index in [4.69, 9.17) is 4.74 Å². The van der Waals surface area contributed by atoms with E-state index in [-0.39, 0.29) is 11.7 Å². The van der Waals surface area contributed by atoms with Crippen LogP contribution in [0.15, 0.2) is 52.7 Å². The second kappa shape index (κ2) is 6.54. The smallest absolute Gasteiger partial charge is 0.279 e. The fraction of sp³-hybridized carbons (Fsp3) is 0.167. The summed E-state index contributed by atoms with van der Waals surface area (Å²) in [5.41, 5.74) is 2.36. The average Bonchev–Trinajstić information content (AvgIpc) is 2.88. The van der Waals surface area contributed by atoms with Crippen molar-refractivity contribution in [3.8, 4) is 11.5 Å². The number of benzene rings is 2. The first-order valence-corrected chi connectivity index (χ1v) is 7.55. The Labute approximate surface area is 139 Å². The number of hydrogen-bond donors (Lipinski definition) is 1. The van der Waals surface area contributed by atoms with Crippen LogP contribution in [0, 0.1) is 0 Å². The number of carbonyl (C=O) groups is 1. The minimum absolute atomic E-state index is 0.0630. The molecule has 122 valence electrons. The third kappa shape index (κ3) is 2.74. The molecule has 1 aliphatic rings. The summed E-state index contributed by atoms with van der Waals surface area (Å²) in [5, 5.41) is 17.9. The molecule has 24 heavy (non-hydrogen) atoms. The summed E-state index contributed by atoms with van der Waals surface area (Å²) < 4.78 is 5.11. The summed E-state index contributed by atoms with van der Waals surface area (Å²) >= 11 is 0. The van der Waals surface area contributed by atoms with Crippen molar-refractivity contribution in [2.75, 3.05) is 18.6 Å². The number of carbonyl (C=O) groups excluding carboxylic acids is 1. The van der Waals surface area contributed by atoms with Gasteiger partial charge in [-0.2, -0.15) is 5.10 Å². The van der Waals surface area contributed by atoms with Crippen molar-refractivity contribution in [3.63, 3.8) is 0 Å². The van der Waals surface area contributed by atoms with E-state index in [2.05, 4.69) is 10.2 Å². The Kier molecular flexibility index (Phi) is 4.29. The molecule has 0 fully saturated rings. The standard InChI is InChI=1S/C18H17N3O3/c1-3-21-15-7-5-4-6-14(15)17(18(21)23)20-19-11-12-10-13(24-2)8-9-16(12)22/h4-11,22H,3H2,1-2H3/b19-11+,20-17+. The number of para-hydroxylation sites is 1. The van der Waals surface area contributed by atoms with Crippen LogP contribution < -0.4 is 9.64 Å². The molecule has 0 saturated carbocycles. The van der Waals surface area contributed by atoms with Crippen LogP contribution in [0.25, 0.3) is 0 Å². The zero-order valence-corrected chi connectivity index (χ0v) is 13.4. The number of hydrogen-bond acceptors (Lipinski definition) is 5. The van der Waals surface area contributed by atoms with E-state index in [9.17, 15) is 9.90 Å². The summed E-state index contributed by atoms with van der Waals surface area (Å²) in [5.74, 6) is 0.486. The van der Waals surface area contributed by atoms with E-state index in [1.54, 1.807) is 24.1 Å². The number of fused-ring (bicyclic) bond motifs is 1. The number of aromatic hydroxyl groups is 1. The molecular weight excluding hydrogens is 306 g/mol. The van der Waals surface area contributed by atoms with Crippen LogP contribution in [-0.2, 0) is 4.79 Å². The van der Waals surface area contributed by atoms with Gasteiger partial charge < -0.3 is 14.7 Å². The third-order valence-corrected chi connectivity index (χ3v) is 3.80. The lowest BCUT2D eigenvalue weighted by molar-refractivity contribution is -0.112. The van der Waals surface area contributed by atoms with Crippen molar-refractivity contribution in [3.05, 3.63) is 53.6 Å². The average molecular weight is 323 g/mol. The van der Waals surface area contributed by atoms with E-state index in [0.29, 0.717) is 23.6 Å². The van der Waals surface area contributed by atoms with Gasteiger partial charge in [-0.15, -0.1) is 5.10 Å². The molecule has 3 rings (SSSR count). The van der Waals surface area contributed by atoms with Gasteiger partial charge in [0.25, 0.3) is 5.91 Å². The molecule has 0 aliphatic carbocycles. The monoisotopic (exact) mass is 323 g/mol. The molecule has 0 saturated heterocycles. The number of likely N-dealkylation sites (N-methyl/N-ethyl adjacent to an activating group) is 1. The summed E-state index contributed by atoms with van der Waals surface area (Å²) in [4.78, 5) is 14.1. The highest BCUT2D eigenvalue weighted by Gasteiger charge is 2.32. The molecule has 0 aromatic heterocycles. The zero-order valence-electron chi connectivity index (χ0n) is 13.4. The Balaban J connectivity index is 1.94. The molecule has 6 nitrogen and oxygen atoms in total. The molecule has 2 aromatic carbocycles. The highest BCUT2D eigenvalue weighted by Crippen LogP contribution is 2.29. The van der Waals surface area contributed by atoms with E-state index in [1.807, 2.05) is 31.2 Å². The van der Waals surface area contributed by atoms with Gasteiger partial charge in [0.1, 0.15) is 11.5 Å². The first-order chi connectivity index (χ1) is 11.7. The van der Waals surface area contributed by atoms with Crippen molar-refractivity contribution in [2.24, 2.45) is 10.2 Å². The minimum atomic E-state index is -0.175. The van der Waals surface area contributed by atoms with Gasteiger partial charge in [-0.05, 0) is 31.2 Å². The van der Waals surface area contributed by atoms with E-state index >= 15 is 0 Å². The normalized spacial score (nSPS) is 15.3. The van der Waals surface area contributed by atoms with Gasteiger partial charge in [0.15, 0.2) is 5.71 Å². The highest BCUT2D eigenvalue weighted by molar-refractivity contribution is 6.54. The molecule has 1 aliphatic heterocycles. The molecular formula is C18H17N3O3. The lowest BCUT2D eigenvalue weighted by atomic mass is 10.1. The van der Waals surface area contributed by atoms with Gasteiger partial charge in [-0.3, -0.25) is 4.79 Å². The molecule has 1 heterocycles. The predicted molar refractivity (Wildman–Crippen MR) is 93.3 cm³/mol. The number of rotatable bonds is 4. The number of ether oxygens (including phenoxy) is 1. The van der Waals surface area contributed by atoms with Gasteiger partial charge in [-0.1, -0.05) is 18.2 Å². The van der Waals surface area contributed by atoms with Crippen molar-refractivity contribution < 1.29 is 14.6 Å². The van der Waals surface area contributed by atoms with Crippen molar-refractivity contribution in [1.29, 1.82) is 0 Å². The first kappa shape index (κ1) is 15.7. The molecule has 0 spiro atoms. The maximum absolute atomic E-state index is 12.5. The Bertz CT molecular complexity index is 843. The lowest BCUT2D eigenvalue weighted by Gasteiger charge is -2.12. The second-order valence-corrected chi connectivity index (χ2v) is 5.18. The highest BCUT2D eigenvalue weighted by atomic mass is 16.5. The van der Waals surface area contributed by atoms with Crippen molar-refractivity contribution in [2.45, 2.75) is 6.92 Å². The molecule has 1 N–H and O–H groups in total. The largest absolute Gasteiger partial charge is 0.507 e. The molecule has 1 amide bonds. The molecule has 0 atom stereocenters. The summed E-state index contributed by atoms with van der Waals surface area (Å²) in [6, 6.07) is 12.3. The SMILES string of the molecule is CCN1C(=O)/C(=N/N=C/c2cc(OC)ccc2O)c2ccccc21. The van der Waals surface area contributed by atoms with Crippen LogP contribution in [0.4, 0.5) is 5.69 Å². The van der Waals surface area contributed by atoms with Crippen molar-refractivity contribution >= 4 is 23.5 Å². The number of amides is 1. The van der Waals surface area contributed by atoms with Gasteiger partial charge >= 0.3 is 0 Å². The van der Waals surface area contributed by atoms with Crippen LogP contribution >= 0.6 is 0 Å². The van der Waals surface area contributed by atoms with Gasteiger partial charge in [0.05, 0.1) is 19.0 Å². The molecule has 0 unspecified atom stereocenters. The Morgan fingerprint density at radius 1 is 1.25 bits per heavy atom. The van der Waals surface area contributed by atoms with Crippen LogP contribution in [-0.4, -0.2) is 36.6 Å². The quantitative estimate of drug-likeness (QED) is 0.694. The second-order valence-electron chi connectivity index (χ2n) is 5.18. The summed E-state index contributed by atoms with van der Waals surface area (Å²) in [6.45, 7) is 2.48. The molecule has 0 bridgehead atoms. The summed E-state index contributed by atoms with van der Waals surface area (Å²) in [7, 11) is 1.54. The number of methoxy groups -OCH3 is 1. The van der Waals surface area contributed by atoms with Gasteiger partial charge in [-0.25, -0.2) is 0 Å². The Morgan fingerprint density at radius 2 is 2.04 bits per heavy atom. The first-order valence-electron chi connectivity index (χ1n) is 7.55. The fourth-order valence-corrected chi connectivity index (χ4v) is 2.58. The van der Waals surface area contributed by atoms with Gasteiger partial charge in [0, 0.05) is 17.7 Å².